The van der Waals surface area contributed by atoms with Crippen LogP contribution in [0.5, 0.6) is 0 Å². The summed E-state index contributed by atoms with van der Waals surface area (Å²) in [5.74, 6) is -0.367. The molecule has 0 fully saturated rings. The van der Waals surface area contributed by atoms with Gasteiger partial charge in [0.1, 0.15) is 5.69 Å². The van der Waals surface area contributed by atoms with Crippen LogP contribution < -0.4 is 0 Å². The lowest BCUT2D eigenvalue weighted by Crippen LogP contribution is -2.26. The van der Waals surface area contributed by atoms with Crippen molar-refractivity contribution in [1.82, 2.24) is 10.0 Å². The largest absolute Gasteiger partial charge is 0.297 e. The molecule has 70 valence electrons. The molecule has 1 rings (SSSR count). The SMILES string of the molecule is CON(C)C(=O)c1ncccc1Cl. The molecule has 0 saturated heterocycles. The van der Waals surface area contributed by atoms with Crippen molar-refractivity contribution in [2.75, 3.05) is 14.2 Å². The zero-order valence-corrected chi connectivity index (χ0v) is 8.08. The number of pyridine rings is 1. The molecular formula is C8H9ClN2O2. The van der Waals surface area contributed by atoms with E-state index in [2.05, 4.69) is 4.98 Å². The minimum atomic E-state index is -0.367. The van der Waals surface area contributed by atoms with Crippen LogP contribution in [-0.2, 0) is 4.84 Å². The highest BCUT2D eigenvalue weighted by Crippen LogP contribution is 2.13. The van der Waals surface area contributed by atoms with Crippen molar-refractivity contribution in [3.63, 3.8) is 0 Å². The number of carbonyl (C=O) groups is 1. The van der Waals surface area contributed by atoms with Gasteiger partial charge in [0.05, 0.1) is 12.1 Å². The smallest absolute Gasteiger partial charge is 0.274 e. The van der Waals surface area contributed by atoms with Gasteiger partial charge in [-0.1, -0.05) is 11.6 Å². The van der Waals surface area contributed by atoms with Gasteiger partial charge >= 0.3 is 0 Å². The van der Waals surface area contributed by atoms with Crippen molar-refractivity contribution in [3.8, 4) is 0 Å². The third-order valence-corrected chi connectivity index (χ3v) is 1.83. The Labute approximate surface area is 81.0 Å². The van der Waals surface area contributed by atoms with Crippen LogP contribution in [0.2, 0.25) is 5.02 Å². The molecule has 0 atom stereocenters. The number of hydrogen-bond acceptors (Lipinski definition) is 3. The van der Waals surface area contributed by atoms with E-state index in [9.17, 15) is 4.79 Å². The Hall–Kier alpha value is -1.13. The molecule has 1 aromatic heterocycles. The number of amides is 1. The third-order valence-electron chi connectivity index (χ3n) is 1.52. The summed E-state index contributed by atoms with van der Waals surface area (Å²) in [5.41, 5.74) is 0.188. The molecule has 4 nitrogen and oxygen atoms in total. The van der Waals surface area contributed by atoms with E-state index >= 15 is 0 Å². The van der Waals surface area contributed by atoms with E-state index in [1.165, 1.54) is 20.4 Å². The lowest BCUT2D eigenvalue weighted by molar-refractivity contribution is -0.0760. The monoisotopic (exact) mass is 200 g/mol. The molecule has 0 spiro atoms. The maximum Gasteiger partial charge on any atom is 0.297 e. The molecule has 0 aliphatic carbocycles. The summed E-state index contributed by atoms with van der Waals surface area (Å²) in [6, 6.07) is 3.26. The van der Waals surface area contributed by atoms with Crippen LogP contribution in [0, 0.1) is 0 Å². The maximum absolute atomic E-state index is 11.5. The summed E-state index contributed by atoms with van der Waals surface area (Å²) in [5, 5.41) is 1.38. The molecule has 0 aliphatic heterocycles. The molecule has 0 N–H and O–H groups in total. The van der Waals surface area contributed by atoms with Crippen LogP contribution in [0.4, 0.5) is 0 Å². The van der Waals surface area contributed by atoms with Crippen LogP contribution in [-0.4, -0.2) is 30.1 Å². The average molecular weight is 201 g/mol. The number of rotatable bonds is 2. The standard InChI is InChI=1S/C8H9ClN2O2/c1-11(13-2)8(12)7-6(9)4-3-5-10-7/h3-5H,1-2H3. The first-order valence-electron chi connectivity index (χ1n) is 3.59. The molecule has 0 bridgehead atoms. The van der Waals surface area contributed by atoms with Gasteiger partial charge in [0.15, 0.2) is 0 Å². The Bertz CT molecular complexity index is 317. The highest BCUT2D eigenvalue weighted by Gasteiger charge is 2.15. The van der Waals surface area contributed by atoms with Crippen LogP contribution in [0.15, 0.2) is 18.3 Å². The van der Waals surface area contributed by atoms with Crippen molar-refractivity contribution < 1.29 is 9.63 Å². The van der Waals surface area contributed by atoms with Gasteiger partial charge in [-0.25, -0.2) is 10.0 Å². The Morgan fingerprint density at radius 3 is 2.92 bits per heavy atom. The van der Waals surface area contributed by atoms with E-state index in [-0.39, 0.29) is 11.6 Å². The zero-order chi connectivity index (χ0) is 9.84. The van der Waals surface area contributed by atoms with Gasteiger partial charge in [-0.15, -0.1) is 0 Å². The molecular weight excluding hydrogens is 192 g/mol. The van der Waals surface area contributed by atoms with Gasteiger partial charge in [-0.05, 0) is 12.1 Å². The van der Waals surface area contributed by atoms with Crippen LogP contribution >= 0.6 is 11.6 Å². The summed E-state index contributed by atoms with van der Waals surface area (Å²) in [7, 11) is 2.89. The molecule has 1 heterocycles. The normalized spacial score (nSPS) is 9.77. The van der Waals surface area contributed by atoms with Gasteiger partial charge in [0, 0.05) is 13.2 Å². The molecule has 13 heavy (non-hydrogen) atoms. The lowest BCUT2D eigenvalue weighted by atomic mass is 10.3. The first kappa shape index (κ1) is 9.95. The molecule has 0 aromatic carbocycles. The van der Waals surface area contributed by atoms with Crippen molar-refractivity contribution in [1.29, 1.82) is 0 Å². The summed E-state index contributed by atoms with van der Waals surface area (Å²) in [6.45, 7) is 0. The number of hydroxylamine groups is 2. The average Bonchev–Trinajstić information content (AvgIpc) is 2.16. The summed E-state index contributed by atoms with van der Waals surface area (Å²) >= 11 is 5.75. The molecule has 5 heteroatoms. The van der Waals surface area contributed by atoms with Gasteiger partial charge in [-0.3, -0.25) is 9.63 Å². The Kier molecular flexibility index (Phi) is 3.22. The van der Waals surface area contributed by atoms with Crippen molar-refractivity contribution >= 4 is 17.5 Å². The van der Waals surface area contributed by atoms with Crippen molar-refractivity contribution in [2.24, 2.45) is 0 Å². The number of halogens is 1. The molecule has 1 amide bonds. The second-order valence-electron chi connectivity index (χ2n) is 2.32. The van der Waals surface area contributed by atoms with Crippen molar-refractivity contribution in [2.45, 2.75) is 0 Å². The van der Waals surface area contributed by atoms with E-state index in [1.54, 1.807) is 12.1 Å². The van der Waals surface area contributed by atoms with E-state index < -0.39 is 0 Å². The Morgan fingerprint density at radius 2 is 2.38 bits per heavy atom. The van der Waals surface area contributed by atoms with E-state index in [1.807, 2.05) is 0 Å². The minimum absolute atomic E-state index is 0.188. The molecule has 0 unspecified atom stereocenters. The fourth-order valence-corrected chi connectivity index (χ4v) is 0.977. The first-order chi connectivity index (χ1) is 6.16. The minimum Gasteiger partial charge on any atom is -0.274 e. The van der Waals surface area contributed by atoms with Gasteiger partial charge < -0.3 is 0 Å². The quantitative estimate of drug-likeness (QED) is 0.678. The number of carbonyl (C=O) groups excluding carboxylic acids is 1. The van der Waals surface area contributed by atoms with Crippen molar-refractivity contribution in [3.05, 3.63) is 29.0 Å². The van der Waals surface area contributed by atoms with E-state index in [4.69, 9.17) is 16.4 Å². The second kappa shape index (κ2) is 4.20. The topological polar surface area (TPSA) is 42.4 Å². The molecule has 1 aromatic rings. The van der Waals surface area contributed by atoms with Crippen LogP contribution in [0.1, 0.15) is 10.5 Å². The van der Waals surface area contributed by atoms with E-state index in [0.717, 1.165) is 5.06 Å². The predicted octanol–water partition coefficient (Wildman–Crippen LogP) is 1.37. The first-order valence-corrected chi connectivity index (χ1v) is 3.97. The third kappa shape index (κ3) is 2.17. The Balaban J connectivity index is 2.95. The van der Waals surface area contributed by atoms with Gasteiger partial charge in [0.25, 0.3) is 5.91 Å². The van der Waals surface area contributed by atoms with Crippen LogP contribution in [0.25, 0.3) is 0 Å². The van der Waals surface area contributed by atoms with Crippen LogP contribution in [0.3, 0.4) is 0 Å². The highest BCUT2D eigenvalue weighted by molar-refractivity contribution is 6.33. The molecule has 0 saturated carbocycles. The lowest BCUT2D eigenvalue weighted by Gasteiger charge is -2.13. The number of aromatic nitrogens is 1. The maximum atomic E-state index is 11.5. The fourth-order valence-electron chi connectivity index (χ4n) is 0.775. The Morgan fingerprint density at radius 1 is 1.69 bits per heavy atom. The molecule has 0 radical (unpaired) electrons. The highest BCUT2D eigenvalue weighted by atomic mass is 35.5. The fraction of sp³-hybridized carbons (Fsp3) is 0.250. The number of nitrogens with zero attached hydrogens (tertiary/aromatic N) is 2. The second-order valence-corrected chi connectivity index (χ2v) is 2.73. The van der Waals surface area contributed by atoms with Gasteiger partial charge in [0.2, 0.25) is 0 Å². The summed E-state index contributed by atoms with van der Waals surface area (Å²) < 4.78 is 0. The predicted molar refractivity (Wildman–Crippen MR) is 48.3 cm³/mol. The summed E-state index contributed by atoms with van der Waals surface area (Å²) in [4.78, 5) is 20.0. The van der Waals surface area contributed by atoms with E-state index in [0.29, 0.717) is 5.02 Å². The summed E-state index contributed by atoms with van der Waals surface area (Å²) in [6.07, 6.45) is 1.50. The number of hydrogen-bond donors (Lipinski definition) is 0. The zero-order valence-electron chi connectivity index (χ0n) is 7.32. The molecule has 0 aliphatic rings. The van der Waals surface area contributed by atoms with Gasteiger partial charge in [-0.2, -0.15) is 0 Å².